The summed E-state index contributed by atoms with van der Waals surface area (Å²) < 4.78 is 0. The van der Waals surface area contributed by atoms with Crippen molar-refractivity contribution in [2.75, 3.05) is 0 Å². The average molecular weight is 323 g/mol. The summed E-state index contributed by atoms with van der Waals surface area (Å²) in [6.07, 6.45) is 1.05. The molecule has 0 spiro atoms. The van der Waals surface area contributed by atoms with Crippen LogP contribution in [0.15, 0.2) is 42.5 Å². The Bertz CT molecular complexity index is 611. The van der Waals surface area contributed by atoms with Gasteiger partial charge in [-0.15, -0.1) is 0 Å². The third-order valence-corrected chi connectivity index (χ3v) is 4.11. The summed E-state index contributed by atoms with van der Waals surface area (Å²) in [5.74, 6) is 6.37. The molecule has 4 heteroatoms. The van der Waals surface area contributed by atoms with Gasteiger partial charge in [-0.2, -0.15) is 0 Å². The van der Waals surface area contributed by atoms with Gasteiger partial charge in [0.15, 0.2) is 0 Å². The Morgan fingerprint density at radius 3 is 2.33 bits per heavy atom. The van der Waals surface area contributed by atoms with Crippen LogP contribution in [0.1, 0.15) is 36.6 Å². The maximum atomic E-state index is 6.10. The summed E-state index contributed by atoms with van der Waals surface area (Å²) in [4.78, 5) is 0. The van der Waals surface area contributed by atoms with E-state index in [-0.39, 0.29) is 6.04 Å². The second kappa shape index (κ2) is 7.28. The molecule has 21 heavy (non-hydrogen) atoms. The van der Waals surface area contributed by atoms with Crippen molar-refractivity contribution in [1.29, 1.82) is 0 Å². The standard InChI is InChI=1S/C17H20Cl2N2/c1-11(2)8-12-4-3-5-13(9-12)17(21-20)14-6-7-15(18)16(19)10-14/h3-7,9-11,17,21H,8,20H2,1-2H3. The highest BCUT2D eigenvalue weighted by molar-refractivity contribution is 6.42. The molecule has 0 radical (unpaired) electrons. The van der Waals surface area contributed by atoms with Crippen LogP contribution < -0.4 is 11.3 Å². The van der Waals surface area contributed by atoms with E-state index in [9.17, 15) is 0 Å². The summed E-state index contributed by atoms with van der Waals surface area (Å²) >= 11 is 12.1. The van der Waals surface area contributed by atoms with Crippen molar-refractivity contribution in [1.82, 2.24) is 5.43 Å². The van der Waals surface area contributed by atoms with Crippen molar-refractivity contribution in [2.24, 2.45) is 11.8 Å². The first kappa shape index (κ1) is 16.3. The second-order valence-corrected chi connectivity index (χ2v) is 6.43. The molecule has 1 unspecified atom stereocenters. The zero-order valence-corrected chi connectivity index (χ0v) is 13.7. The van der Waals surface area contributed by atoms with Gasteiger partial charge in [-0.1, -0.05) is 67.4 Å². The number of hydrazine groups is 1. The Hall–Kier alpha value is -1.06. The molecule has 112 valence electrons. The molecule has 3 N–H and O–H groups in total. The van der Waals surface area contributed by atoms with Crippen molar-refractivity contribution >= 4 is 23.2 Å². The highest BCUT2D eigenvalue weighted by Gasteiger charge is 2.14. The summed E-state index contributed by atoms with van der Waals surface area (Å²) in [5, 5.41) is 1.08. The molecule has 0 heterocycles. The Morgan fingerprint density at radius 2 is 1.71 bits per heavy atom. The van der Waals surface area contributed by atoms with E-state index in [4.69, 9.17) is 29.0 Å². The lowest BCUT2D eigenvalue weighted by atomic mass is 9.95. The third-order valence-electron chi connectivity index (χ3n) is 3.37. The third kappa shape index (κ3) is 4.21. The van der Waals surface area contributed by atoms with Crippen molar-refractivity contribution < 1.29 is 0 Å². The van der Waals surface area contributed by atoms with Crippen LogP contribution in [0, 0.1) is 5.92 Å². The van der Waals surface area contributed by atoms with E-state index in [0.29, 0.717) is 16.0 Å². The van der Waals surface area contributed by atoms with Gasteiger partial charge in [0.05, 0.1) is 16.1 Å². The molecule has 0 aliphatic heterocycles. The van der Waals surface area contributed by atoms with Crippen LogP contribution in [-0.4, -0.2) is 0 Å². The van der Waals surface area contributed by atoms with Gasteiger partial charge in [0.2, 0.25) is 0 Å². The van der Waals surface area contributed by atoms with Crippen molar-refractivity contribution in [3.8, 4) is 0 Å². The van der Waals surface area contributed by atoms with Crippen LogP contribution in [-0.2, 0) is 6.42 Å². The Kier molecular flexibility index (Phi) is 5.65. The van der Waals surface area contributed by atoms with Crippen LogP contribution in [0.3, 0.4) is 0 Å². The molecule has 0 saturated heterocycles. The predicted octanol–water partition coefficient (Wildman–Crippen LogP) is 4.74. The molecule has 2 aromatic rings. The van der Waals surface area contributed by atoms with Crippen LogP contribution in [0.25, 0.3) is 0 Å². The molecule has 0 saturated carbocycles. The number of nitrogens with one attached hydrogen (secondary N) is 1. The quantitative estimate of drug-likeness (QED) is 0.616. The van der Waals surface area contributed by atoms with Crippen molar-refractivity contribution in [2.45, 2.75) is 26.3 Å². The SMILES string of the molecule is CC(C)Cc1cccc(C(NN)c2ccc(Cl)c(Cl)c2)c1. The minimum absolute atomic E-state index is 0.105. The van der Waals surface area contributed by atoms with Crippen LogP contribution in [0.4, 0.5) is 0 Å². The lowest BCUT2D eigenvalue weighted by Gasteiger charge is -2.18. The van der Waals surface area contributed by atoms with Crippen LogP contribution in [0.2, 0.25) is 10.0 Å². The Labute approximate surface area is 136 Å². The van der Waals surface area contributed by atoms with E-state index in [1.165, 1.54) is 5.56 Å². The normalized spacial score (nSPS) is 12.7. The molecule has 2 rings (SSSR count). The molecule has 2 nitrogen and oxygen atoms in total. The Morgan fingerprint density at radius 1 is 1.00 bits per heavy atom. The second-order valence-electron chi connectivity index (χ2n) is 5.62. The molecular weight excluding hydrogens is 303 g/mol. The largest absolute Gasteiger partial charge is 0.271 e. The average Bonchev–Trinajstić information content (AvgIpc) is 2.43. The fourth-order valence-electron chi connectivity index (χ4n) is 2.45. The van der Waals surface area contributed by atoms with Crippen molar-refractivity contribution in [3.05, 3.63) is 69.2 Å². The summed E-state index contributed by atoms with van der Waals surface area (Å²) in [6, 6.07) is 13.9. The molecule has 1 atom stereocenters. The number of nitrogens with two attached hydrogens (primary N) is 1. The van der Waals surface area contributed by atoms with E-state index >= 15 is 0 Å². The number of rotatable bonds is 5. The van der Waals surface area contributed by atoms with E-state index in [2.05, 4.69) is 43.5 Å². The monoisotopic (exact) mass is 322 g/mol. The molecule has 0 bridgehead atoms. The maximum Gasteiger partial charge on any atom is 0.0710 e. The predicted molar refractivity (Wildman–Crippen MR) is 90.6 cm³/mol. The van der Waals surface area contributed by atoms with Gasteiger partial charge in [-0.3, -0.25) is 5.84 Å². The first-order chi connectivity index (χ1) is 10.0. The fourth-order valence-corrected chi connectivity index (χ4v) is 2.75. The van der Waals surface area contributed by atoms with Gasteiger partial charge in [-0.25, -0.2) is 5.43 Å². The lowest BCUT2D eigenvalue weighted by molar-refractivity contribution is 0.628. The molecule has 0 aliphatic carbocycles. The van der Waals surface area contributed by atoms with Crippen LogP contribution >= 0.6 is 23.2 Å². The summed E-state index contributed by atoms with van der Waals surface area (Å²) in [7, 11) is 0. The lowest BCUT2D eigenvalue weighted by Crippen LogP contribution is -2.28. The van der Waals surface area contributed by atoms with E-state index in [1.807, 2.05) is 12.1 Å². The van der Waals surface area contributed by atoms with Gasteiger partial charge in [-0.05, 0) is 41.2 Å². The maximum absolute atomic E-state index is 6.10. The first-order valence-corrected chi connectivity index (χ1v) is 7.76. The number of hydrogen-bond acceptors (Lipinski definition) is 2. The molecule has 0 amide bonds. The number of benzene rings is 2. The van der Waals surface area contributed by atoms with Gasteiger partial charge in [0.25, 0.3) is 0 Å². The van der Waals surface area contributed by atoms with Gasteiger partial charge >= 0.3 is 0 Å². The highest BCUT2D eigenvalue weighted by Crippen LogP contribution is 2.29. The summed E-state index contributed by atoms with van der Waals surface area (Å²) in [6.45, 7) is 4.43. The van der Waals surface area contributed by atoms with Crippen LogP contribution in [0.5, 0.6) is 0 Å². The number of halogens is 2. The highest BCUT2D eigenvalue weighted by atomic mass is 35.5. The minimum Gasteiger partial charge on any atom is -0.271 e. The van der Waals surface area contributed by atoms with Crippen molar-refractivity contribution in [3.63, 3.8) is 0 Å². The zero-order valence-electron chi connectivity index (χ0n) is 12.2. The number of hydrogen-bond donors (Lipinski definition) is 2. The van der Waals surface area contributed by atoms with Gasteiger partial charge in [0, 0.05) is 0 Å². The molecular formula is C17H20Cl2N2. The smallest absolute Gasteiger partial charge is 0.0710 e. The zero-order chi connectivity index (χ0) is 15.4. The first-order valence-electron chi connectivity index (χ1n) is 7.01. The van der Waals surface area contributed by atoms with E-state index < -0.39 is 0 Å². The minimum atomic E-state index is -0.105. The molecule has 0 aliphatic rings. The summed E-state index contributed by atoms with van der Waals surface area (Å²) in [5.41, 5.74) is 6.28. The topological polar surface area (TPSA) is 38.0 Å². The van der Waals surface area contributed by atoms with Gasteiger partial charge in [0.1, 0.15) is 0 Å². The molecule has 0 fully saturated rings. The molecule has 0 aromatic heterocycles. The Balaban J connectivity index is 2.34. The van der Waals surface area contributed by atoms with Gasteiger partial charge < -0.3 is 0 Å². The molecule has 2 aromatic carbocycles. The van der Waals surface area contributed by atoms with E-state index in [0.717, 1.165) is 17.5 Å². The fraction of sp³-hybridized carbons (Fsp3) is 0.294. The van der Waals surface area contributed by atoms with E-state index in [1.54, 1.807) is 6.07 Å².